The zero-order chi connectivity index (χ0) is 15.2. The quantitative estimate of drug-likeness (QED) is 0.455. The van der Waals surface area contributed by atoms with Crippen molar-refractivity contribution in [3.05, 3.63) is 59.4 Å². The van der Waals surface area contributed by atoms with Crippen molar-refractivity contribution in [3.63, 3.8) is 0 Å². The highest BCUT2D eigenvalue weighted by Gasteiger charge is 2.00. The largest absolute Gasteiger partial charge is 0.497 e. The van der Waals surface area contributed by atoms with Gasteiger partial charge in [0.2, 0.25) is 0 Å². The topological polar surface area (TPSA) is 59.6 Å². The van der Waals surface area contributed by atoms with Crippen LogP contribution in [0.25, 0.3) is 0 Å². The minimum absolute atomic E-state index is 0. The average molecular weight is 415 g/mol. The molecule has 4 nitrogen and oxygen atoms in total. The van der Waals surface area contributed by atoms with Gasteiger partial charge in [0.1, 0.15) is 11.6 Å². The number of rotatable bonds is 4. The first-order chi connectivity index (χ1) is 10.1. The van der Waals surface area contributed by atoms with E-state index in [9.17, 15) is 4.39 Å². The molecule has 0 aliphatic heterocycles. The van der Waals surface area contributed by atoms with Crippen LogP contribution in [0, 0.1) is 12.7 Å². The van der Waals surface area contributed by atoms with Gasteiger partial charge in [0, 0.05) is 11.8 Å². The van der Waals surface area contributed by atoms with Gasteiger partial charge in [-0.2, -0.15) is 0 Å². The summed E-state index contributed by atoms with van der Waals surface area (Å²) in [5.74, 6) is 0.817. The summed E-state index contributed by atoms with van der Waals surface area (Å²) in [4.78, 5) is 4.24. The first-order valence-corrected chi connectivity index (χ1v) is 6.54. The van der Waals surface area contributed by atoms with E-state index in [2.05, 4.69) is 10.3 Å². The zero-order valence-electron chi connectivity index (χ0n) is 12.5. The molecule has 0 saturated carbocycles. The normalized spacial score (nSPS) is 10.8. The number of aliphatic imine (C=N–C) groups is 1. The third-order valence-corrected chi connectivity index (χ3v) is 3.00. The molecule has 0 spiro atoms. The Hall–Kier alpha value is -1.83. The van der Waals surface area contributed by atoms with E-state index < -0.39 is 0 Å². The first-order valence-electron chi connectivity index (χ1n) is 6.54. The Balaban J connectivity index is 0.00000242. The van der Waals surface area contributed by atoms with Gasteiger partial charge in [0.05, 0.1) is 13.7 Å². The second kappa shape index (κ2) is 8.57. The van der Waals surface area contributed by atoms with E-state index in [1.165, 1.54) is 6.07 Å². The second-order valence-electron chi connectivity index (χ2n) is 4.64. The first kappa shape index (κ1) is 18.2. The number of hydrogen-bond donors (Lipinski definition) is 2. The molecule has 0 radical (unpaired) electrons. The summed E-state index contributed by atoms with van der Waals surface area (Å²) >= 11 is 0. The van der Waals surface area contributed by atoms with Gasteiger partial charge in [-0.3, -0.25) is 0 Å². The molecular weight excluding hydrogens is 396 g/mol. The molecule has 6 heteroatoms. The van der Waals surface area contributed by atoms with E-state index in [1.54, 1.807) is 26.2 Å². The number of aryl methyl sites for hydroxylation is 1. The highest BCUT2D eigenvalue weighted by atomic mass is 127. The van der Waals surface area contributed by atoms with E-state index in [0.717, 1.165) is 17.0 Å². The SMILES string of the molecule is COc1cccc(NC(N)=NCc2ccc(F)c(C)c2)c1.I. The van der Waals surface area contributed by atoms with Crippen LogP contribution in [0.1, 0.15) is 11.1 Å². The maximum absolute atomic E-state index is 13.2. The minimum Gasteiger partial charge on any atom is -0.497 e. The number of guanidine groups is 1. The summed E-state index contributed by atoms with van der Waals surface area (Å²) in [5, 5.41) is 2.99. The predicted molar refractivity (Wildman–Crippen MR) is 98.5 cm³/mol. The second-order valence-corrected chi connectivity index (χ2v) is 4.64. The van der Waals surface area contributed by atoms with Crippen molar-refractivity contribution in [2.45, 2.75) is 13.5 Å². The molecule has 0 unspecified atom stereocenters. The van der Waals surface area contributed by atoms with E-state index in [4.69, 9.17) is 10.5 Å². The number of benzene rings is 2. The van der Waals surface area contributed by atoms with Gasteiger partial charge in [-0.05, 0) is 36.2 Å². The Bertz CT molecular complexity index is 662. The highest BCUT2D eigenvalue weighted by Crippen LogP contribution is 2.16. The lowest BCUT2D eigenvalue weighted by molar-refractivity contribution is 0.415. The monoisotopic (exact) mass is 415 g/mol. The number of nitrogens with two attached hydrogens (primary N) is 1. The third-order valence-electron chi connectivity index (χ3n) is 3.00. The van der Waals surface area contributed by atoms with Crippen molar-refractivity contribution in [1.82, 2.24) is 0 Å². The van der Waals surface area contributed by atoms with E-state index in [-0.39, 0.29) is 29.8 Å². The average Bonchev–Trinajstić information content (AvgIpc) is 2.48. The maximum Gasteiger partial charge on any atom is 0.193 e. The standard InChI is InChI=1S/C16H18FN3O.HI/c1-11-8-12(6-7-15(11)17)10-19-16(18)20-13-4-3-5-14(9-13)21-2;/h3-9H,10H2,1-2H3,(H3,18,19,20);1H. The number of nitrogens with zero attached hydrogens (tertiary/aromatic N) is 1. The van der Waals surface area contributed by atoms with Crippen LogP contribution in [0.5, 0.6) is 5.75 Å². The zero-order valence-corrected chi connectivity index (χ0v) is 14.8. The van der Waals surface area contributed by atoms with Crippen LogP contribution in [0.3, 0.4) is 0 Å². The van der Waals surface area contributed by atoms with E-state index >= 15 is 0 Å². The summed E-state index contributed by atoms with van der Waals surface area (Å²) in [5.41, 5.74) is 8.14. The minimum atomic E-state index is -0.217. The number of ether oxygens (including phenoxy) is 1. The van der Waals surface area contributed by atoms with Crippen LogP contribution < -0.4 is 15.8 Å². The Morgan fingerprint density at radius 1 is 1.27 bits per heavy atom. The van der Waals surface area contributed by atoms with E-state index in [0.29, 0.717) is 18.1 Å². The Morgan fingerprint density at radius 3 is 2.73 bits per heavy atom. The number of nitrogens with one attached hydrogen (secondary N) is 1. The predicted octanol–water partition coefficient (Wildman–Crippen LogP) is 3.69. The summed E-state index contributed by atoms with van der Waals surface area (Å²) in [6.45, 7) is 2.12. The van der Waals surface area contributed by atoms with Crippen molar-refractivity contribution in [2.24, 2.45) is 10.7 Å². The highest BCUT2D eigenvalue weighted by molar-refractivity contribution is 14.0. The Morgan fingerprint density at radius 2 is 2.05 bits per heavy atom. The van der Waals surface area contributed by atoms with Crippen molar-refractivity contribution < 1.29 is 9.13 Å². The number of methoxy groups -OCH3 is 1. The summed E-state index contributed by atoms with van der Waals surface area (Å²) in [6.07, 6.45) is 0. The smallest absolute Gasteiger partial charge is 0.193 e. The molecule has 22 heavy (non-hydrogen) atoms. The van der Waals surface area contributed by atoms with Gasteiger partial charge >= 0.3 is 0 Å². The van der Waals surface area contributed by atoms with Crippen LogP contribution in [-0.2, 0) is 6.54 Å². The number of anilines is 1. The molecule has 2 aromatic carbocycles. The fourth-order valence-corrected chi connectivity index (χ4v) is 1.87. The molecule has 0 aliphatic rings. The van der Waals surface area contributed by atoms with Crippen molar-refractivity contribution in [1.29, 1.82) is 0 Å². The molecule has 2 rings (SSSR count). The Kier molecular flexibility index (Phi) is 7.10. The molecule has 118 valence electrons. The summed E-state index contributed by atoms with van der Waals surface area (Å²) in [6, 6.07) is 12.3. The van der Waals surface area contributed by atoms with Crippen molar-refractivity contribution >= 4 is 35.6 Å². The fourth-order valence-electron chi connectivity index (χ4n) is 1.87. The number of hydrogen-bond acceptors (Lipinski definition) is 2. The van der Waals surface area contributed by atoms with Gasteiger partial charge in [-0.1, -0.05) is 18.2 Å². The lowest BCUT2D eigenvalue weighted by atomic mass is 10.1. The molecule has 3 N–H and O–H groups in total. The van der Waals surface area contributed by atoms with Crippen LogP contribution in [0.4, 0.5) is 10.1 Å². The van der Waals surface area contributed by atoms with Crippen molar-refractivity contribution in [2.75, 3.05) is 12.4 Å². The maximum atomic E-state index is 13.2. The molecule has 0 bridgehead atoms. The van der Waals surface area contributed by atoms with Crippen molar-refractivity contribution in [3.8, 4) is 5.75 Å². The Labute approximate surface area is 146 Å². The lowest BCUT2D eigenvalue weighted by Gasteiger charge is -2.07. The molecule has 0 atom stereocenters. The molecule has 0 amide bonds. The molecule has 0 aromatic heterocycles. The van der Waals surface area contributed by atoms with Crippen LogP contribution in [0.2, 0.25) is 0 Å². The molecule has 0 fully saturated rings. The van der Waals surface area contributed by atoms with Crippen LogP contribution in [0.15, 0.2) is 47.5 Å². The van der Waals surface area contributed by atoms with Crippen LogP contribution in [-0.4, -0.2) is 13.1 Å². The lowest BCUT2D eigenvalue weighted by Crippen LogP contribution is -2.22. The molecule has 0 heterocycles. The molecular formula is C16H19FIN3O. The van der Waals surface area contributed by atoms with Gasteiger partial charge < -0.3 is 15.8 Å². The molecule has 0 saturated heterocycles. The van der Waals surface area contributed by atoms with E-state index in [1.807, 2.05) is 24.3 Å². The van der Waals surface area contributed by atoms with Crippen LogP contribution >= 0.6 is 24.0 Å². The summed E-state index contributed by atoms with van der Waals surface area (Å²) < 4.78 is 18.3. The molecule has 2 aromatic rings. The van der Waals surface area contributed by atoms with Gasteiger partial charge in [0.25, 0.3) is 0 Å². The van der Waals surface area contributed by atoms with Gasteiger partial charge in [-0.15, -0.1) is 24.0 Å². The van der Waals surface area contributed by atoms with Gasteiger partial charge in [0.15, 0.2) is 5.96 Å². The number of halogens is 2. The fraction of sp³-hybridized carbons (Fsp3) is 0.188. The molecule has 0 aliphatic carbocycles. The van der Waals surface area contributed by atoms with Gasteiger partial charge in [-0.25, -0.2) is 9.38 Å². The summed E-state index contributed by atoms with van der Waals surface area (Å²) in [7, 11) is 1.60. The third kappa shape index (κ3) is 5.18.